The van der Waals surface area contributed by atoms with Gasteiger partial charge in [0.05, 0.1) is 12.6 Å². The lowest BCUT2D eigenvalue weighted by Gasteiger charge is -2.39. The van der Waals surface area contributed by atoms with E-state index >= 15 is 0 Å². The Balaban J connectivity index is 1.57. The van der Waals surface area contributed by atoms with E-state index in [2.05, 4.69) is 53.4 Å². The fourth-order valence-electron chi connectivity index (χ4n) is 4.32. The molecule has 0 N–H and O–H groups in total. The van der Waals surface area contributed by atoms with Gasteiger partial charge in [-0.2, -0.15) is 4.31 Å². The predicted molar refractivity (Wildman–Crippen MR) is 127 cm³/mol. The molecule has 0 unspecified atom stereocenters. The lowest BCUT2D eigenvalue weighted by Crippen LogP contribution is -2.49. The fourth-order valence-corrected chi connectivity index (χ4v) is 5.96. The van der Waals surface area contributed by atoms with Gasteiger partial charge in [0.1, 0.15) is 10.6 Å². The van der Waals surface area contributed by atoms with E-state index in [1.165, 1.54) is 11.1 Å². The fraction of sp³-hybridized carbons (Fsp3) is 0.308. The van der Waals surface area contributed by atoms with Crippen molar-refractivity contribution < 1.29 is 13.2 Å². The zero-order valence-corrected chi connectivity index (χ0v) is 19.5. The van der Waals surface area contributed by atoms with Crippen molar-refractivity contribution in [1.29, 1.82) is 0 Å². The highest BCUT2D eigenvalue weighted by atomic mass is 32.2. The number of hydrogen-bond donors (Lipinski definition) is 0. The summed E-state index contributed by atoms with van der Waals surface area (Å²) in [6.45, 7) is 6.39. The van der Waals surface area contributed by atoms with E-state index in [9.17, 15) is 8.42 Å². The van der Waals surface area contributed by atoms with Crippen molar-refractivity contribution in [3.63, 3.8) is 0 Å². The molecule has 0 bridgehead atoms. The van der Waals surface area contributed by atoms with E-state index in [4.69, 9.17) is 4.74 Å². The third-order valence-corrected chi connectivity index (χ3v) is 7.81. The summed E-state index contributed by atoms with van der Waals surface area (Å²) in [4.78, 5) is 2.63. The van der Waals surface area contributed by atoms with Crippen LogP contribution in [0.25, 0.3) is 0 Å². The predicted octanol–water partition coefficient (Wildman–Crippen LogP) is 4.49. The molecule has 1 saturated heterocycles. The molecule has 3 aromatic carbocycles. The molecule has 0 amide bonds. The first-order valence-electron chi connectivity index (χ1n) is 11.1. The minimum absolute atomic E-state index is 0.0974. The molecule has 0 aliphatic carbocycles. The molecule has 0 atom stereocenters. The number of benzene rings is 3. The molecule has 3 aromatic rings. The zero-order valence-electron chi connectivity index (χ0n) is 18.6. The van der Waals surface area contributed by atoms with Gasteiger partial charge in [0.15, 0.2) is 0 Å². The first-order valence-corrected chi connectivity index (χ1v) is 12.5. The molecule has 1 fully saturated rings. The highest BCUT2D eigenvalue weighted by molar-refractivity contribution is 7.89. The summed E-state index contributed by atoms with van der Waals surface area (Å²) in [5.74, 6) is 0.423. The van der Waals surface area contributed by atoms with Crippen molar-refractivity contribution in [3.05, 3.63) is 95.6 Å². The Morgan fingerprint density at radius 3 is 1.94 bits per heavy atom. The molecule has 5 nitrogen and oxygen atoms in total. The van der Waals surface area contributed by atoms with Crippen LogP contribution in [-0.2, 0) is 10.0 Å². The van der Waals surface area contributed by atoms with Gasteiger partial charge in [-0.3, -0.25) is 4.90 Å². The Morgan fingerprint density at radius 1 is 0.844 bits per heavy atom. The molecular formula is C26H30N2O3S. The van der Waals surface area contributed by atoms with Crippen LogP contribution in [0.3, 0.4) is 0 Å². The summed E-state index contributed by atoms with van der Waals surface area (Å²) in [7, 11) is -3.63. The first kappa shape index (κ1) is 22.5. The van der Waals surface area contributed by atoms with Gasteiger partial charge < -0.3 is 4.74 Å². The monoisotopic (exact) mass is 450 g/mol. The highest BCUT2D eigenvalue weighted by Crippen LogP contribution is 2.32. The molecule has 0 spiro atoms. The highest BCUT2D eigenvalue weighted by Gasteiger charge is 2.33. The lowest BCUT2D eigenvalue weighted by atomic mass is 9.96. The standard InChI is InChI=1S/C26H30N2O3S/c1-3-31-24-15-14-21(2)20-25(24)32(29,30)28-18-16-27(17-19-28)26(22-10-6-4-7-11-22)23-12-8-5-9-13-23/h4-15,20,26H,3,16-19H2,1-2H3. The van der Waals surface area contributed by atoms with E-state index in [1.807, 2.05) is 32.0 Å². The summed E-state index contributed by atoms with van der Waals surface area (Å²) >= 11 is 0. The molecule has 0 saturated carbocycles. The van der Waals surface area contributed by atoms with Crippen LogP contribution in [-0.4, -0.2) is 50.4 Å². The molecular weight excluding hydrogens is 420 g/mol. The van der Waals surface area contributed by atoms with Gasteiger partial charge in [0.2, 0.25) is 10.0 Å². The number of sulfonamides is 1. The Labute approximate surface area is 191 Å². The second-order valence-electron chi connectivity index (χ2n) is 8.05. The van der Waals surface area contributed by atoms with Crippen LogP contribution < -0.4 is 4.74 Å². The summed E-state index contributed by atoms with van der Waals surface area (Å²) in [5, 5.41) is 0. The van der Waals surface area contributed by atoms with E-state index < -0.39 is 10.0 Å². The molecule has 4 rings (SSSR count). The molecule has 32 heavy (non-hydrogen) atoms. The second-order valence-corrected chi connectivity index (χ2v) is 9.95. The minimum atomic E-state index is -3.63. The van der Waals surface area contributed by atoms with Crippen LogP contribution in [0.1, 0.15) is 29.7 Å². The Hall–Kier alpha value is -2.67. The average molecular weight is 451 g/mol. The van der Waals surface area contributed by atoms with Crippen LogP contribution >= 0.6 is 0 Å². The molecule has 168 valence electrons. The van der Waals surface area contributed by atoms with Crippen molar-refractivity contribution in [1.82, 2.24) is 9.21 Å². The van der Waals surface area contributed by atoms with Gasteiger partial charge in [-0.25, -0.2) is 8.42 Å². The third kappa shape index (κ3) is 4.72. The van der Waals surface area contributed by atoms with Crippen LogP contribution in [0.15, 0.2) is 83.8 Å². The summed E-state index contributed by atoms with van der Waals surface area (Å²) in [6.07, 6.45) is 0. The maximum Gasteiger partial charge on any atom is 0.246 e. The van der Waals surface area contributed by atoms with Gasteiger partial charge in [-0.15, -0.1) is 0 Å². The maximum atomic E-state index is 13.5. The van der Waals surface area contributed by atoms with Crippen LogP contribution in [0.4, 0.5) is 0 Å². The number of piperazine rings is 1. The quantitative estimate of drug-likeness (QED) is 0.532. The first-order chi connectivity index (χ1) is 15.5. The molecule has 6 heteroatoms. The number of ether oxygens (including phenoxy) is 1. The van der Waals surface area contributed by atoms with E-state index in [0.29, 0.717) is 38.5 Å². The van der Waals surface area contributed by atoms with Crippen molar-refractivity contribution in [2.24, 2.45) is 0 Å². The molecule has 0 aromatic heterocycles. The minimum Gasteiger partial charge on any atom is -0.492 e. The van der Waals surface area contributed by atoms with Gasteiger partial charge >= 0.3 is 0 Å². The Kier molecular flexibility index (Phi) is 6.94. The molecule has 0 radical (unpaired) electrons. The van der Waals surface area contributed by atoms with Crippen molar-refractivity contribution in [2.75, 3.05) is 32.8 Å². The topological polar surface area (TPSA) is 49.9 Å². The van der Waals surface area contributed by atoms with Crippen LogP contribution in [0.5, 0.6) is 5.75 Å². The van der Waals surface area contributed by atoms with Crippen molar-refractivity contribution in [2.45, 2.75) is 24.8 Å². The van der Waals surface area contributed by atoms with E-state index in [-0.39, 0.29) is 10.9 Å². The number of hydrogen-bond acceptors (Lipinski definition) is 4. The smallest absolute Gasteiger partial charge is 0.246 e. The SMILES string of the molecule is CCOc1ccc(C)cc1S(=O)(=O)N1CCN(C(c2ccccc2)c2ccccc2)CC1. The number of aryl methyl sites for hydroxylation is 1. The van der Waals surface area contributed by atoms with E-state index in [1.54, 1.807) is 16.4 Å². The van der Waals surface area contributed by atoms with Gasteiger partial charge in [-0.05, 0) is 42.7 Å². The molecule has 1 aliphatic rings. The van der Waals surface area contributed by atoms with Crippen molar-refractivity contribution in [3.8, 4) is 5.75 Å². The summed E-state index contributed by atoms with van der Waals surface area (Å²) in [5.41, 5.74) is 3.33. The van der Waals surface area contributed by atoms with Gasteiger partial charge in [-0.1, -0.05) is 66.7 Å². The van der Waals surface area contributed by atoms with Crippen LogP contribution in [0, 0.1) is 6.92 Å². The second kappa shape index (κ2) is 9.86. The van der Waals surface area contributed by atoms with Gasteiger partial charge in [0, 0.05) is 26.2 Å². The third-order valence-electron chi connectivity index (χ3n) is 5.89. The Bertz CT molecular complexity index is 1090. The normalized spacial score (nSPS) is 15.7. The maximum absolute atomic E-state index is 13.5. The molecule has 1 aliphatic heterocycles. The Morgan fingerprint density at radius 2 is 1.41 bits per heavy atom. The zero-order chi connectivity index (χ0) is 22.6. The largest absolute Gasteiger partial charge is 0.492 e. The number of rotatable bonds is 7. The lowest BCUT2D eigenvalue weighted by molar-refractivity contribution is 0.155. The summed E-state index contributed by atoms with van der Waals surface area (Å²) < 4.78 is 34.2. The van der Waals surface area contributed by atoms with Gasteiger partial charge in [0.25, 0.3) is 0 Å². The molecule has 1 heterocycles. The van der Waals surface area contributed by atoms with E-state index in [0.717, 1.165) is 5.56 Å². The van der Waals surface area contributed by atoms with Crippen LogP contribution in [0.2, 0.25) is 0 Å². The number of nitrogens with zero attached hydrogens (tertiary/aromatic N) is 2. The van der Waals surface area contributed by atoms with Crippen molar-refractivity contribution >= 4 is 10.0 Å². The average Bonchev–Trinajstić information content (AvgIpc) is 2.82. The summed E-state index contributed by atoms with van der Waals surface area (Å²) in [6, 6.07) is 26.3.